The van der Waals surface area contributed by atoms with Gasteiger partial charge in [0, 0.05) is 12.6 Å². The maximum atomic E-state index is 9.75. The summed E-state index contributed by atoms with van der Waals surface area (Å²) in [6, 6.07) is 0.499. The van der Waals surface area contributed by atoms with Gasteiger partial charge in [-0.2, -0.15) is 0 Å². The molecule has 0 spiro atoms. The second kappa shape index (κ2) is 2.76. The lowest BCUT2D eigenvalue weighted by atomic mass is 9.98. The van der Waals surface area contributed by atoms with Gasteiger partial charge < -0.3 is 5.11 Å². The molecule has 0 bridgehead atoms. The van der Waals surface area contributed by atoms with Crippen LogP contribution in [0.25, 0.3) is 0 Å². The monoisotopic (exact) mass is 155 g/mol. The molecule has 64 valence electrons. The Morgan fingerprint density at radius 1 is 1.36 bits per heavy atom. The lowest BCUT2D eigenvalue weighted by Crippen LogP contribution is -2.38. The van der Waals surface area contributed by atoms with E-state index in [9.17, 15) is 5.11 Å². The van der Waals surface area contributed by atoms with Crippen LogP contribution in [0.5, 0.6) is 0 Å². The van der Waals surface area contributed by atoms with E-state index in [-0.39, 0.29) is 6.10 Å². The van der Waals surface area contributed by atoms with Crippen molar-refractivity contribution in [3.63, 3.8) is 0 Å². The van der Waals surface area contributed by atoms with Gasteiger partial charge in [-0.25, -0.2) is 0 Å². The Kier molecular flexibility index (Phi) is 1.90. The first-order chi connectivity index (χ1) is 5.29. The molecule has 0 aromatic heterocycles. The molecule has 0 aromatic carbocycles. The fraction of sp³-hybridized carbons (Fsp3) is 1.00. The van der Waals surface area contributed by atoms with Crippen LogP contribution in [-0.4, -0.2) is 35.2 Å². The van der Waals surface area contributed by atoms with Crippen LogP contribution in [0.3, 0.4) is 0 Å². The number of aliphatic hydroxyl groups excluding tert-OH is 1. The van der Waals surface area contributed by atoms with Crippen molar-refractivity contribution in [2.45, 2.75) is 38.3 Å². The highest BCUT2D eigenvalue weighted by molar-refractivity contribution is 4.93. The van der Waals surface area contributed by atoms with Gasteiger partial charge in [-0.3, -0.25) is 4.90 Å². The molecule has 3 atom stereocenters. The highest BCUT2D eigenvalue weighted by Gasteiger charge is 2.38. The van der Waals surface area contributed by atoms with Crippen LogP contribution in [0, 0.1) is 5.92 Å². The standard InChI is InChI=1S/C9H17NO/c1-7-6-10-5-3-2-4-8(10)9(7)11/h7-9,11H,2-6H2,1H3/t7-,8?,9-/m1/s1. The van der Waals surface area contributed by atoms with Crippen LogP contribution in [0.15, 0.2) is 0 Å². The highest BCUT2D eigenvalue weighted by Crippen LogP contribution is 2.30. The molecule has 2 fully saturated rings. The lowest BCUT2D eigenvalue weighted by Gasteiger charge is -2.30. The molecular weight excluding hydrogens is 138 g/mol. The van der Waals surface area contributed by atoms with Crippen LogP contribution in [-0.2, 0) is 0 Å². The van der Waals surface area contributed by atoms with Crippen molar-refractivity contribution in [1.82, 2.24) is 4.90 Å². The first kappa shape index (κ1) is 7.56. The van der Waals surface area contributed by atoms with E-state index in [1.807, 2.05) is 0 Å². The maximum Gasteiger partial charge on any atom is 0.0733 e. The van der Waals surface area contributed by atoms with Crippen molar-refractivity contribution in [3.05, 3.63) is 0 Å². The van der Waals surface area contributed by atoms with Gasteiger partial charge in [-0.15, -0.1) is 0 Å². The van der Waals surface area contributed by atoms with Crippen LogP contribution in [0.1, 0.15) is 26.2 Å². The molecule has 1 unspecified atom stereocenters. The fourth-order valence-electron chi connectivity index (χ4n) is 2.49. The van der Waals surface area contributed by atoms with Crippen molar-refractivity contribution < 1.29 is 5.11 Å². The molecule has 0 amide bonds. The third-order valence-electron chi connectivity index (χ3n) is 3.16. The first-order valence-electron chi connectivity index (χ1n) is 4.71. The Morgan fingerprint density at radius 3 is 2.91 bits per heavy atom. The number of fused-ring (bicyclic) bond motifs is 1. The minimum atomic E-state index is -0.0460. The van der Waals surface area contributed by atoms with E-state index in [1.54, 1.807) is 0 Å². The Hall–Kier alpha value is -0.0800. The van der Waals surface area contributed by atoms with Crippen LogP contribution < -0.4 is 0 Å². The highest BCUT2D eigenvalue weighted by atomic mass is 16.3. The molecule has 2 aliphatic rings. The quantitative estimate of drug-likeness (QED) is 0.560. The Morgan fingerprint density at radius 2 is 2.18 bits per heavy atom. The predicted molar refractivity (Wildman–Crippen MR) is 44.4 cm³/mol. The summed E-state index contributed by atoms with van der Waals surface area (Å²) in [5.74, 6) is 0.498. The molecule has 2 saturated heterocycles. The molecule has 0 saturated carbocycles. The third-order valence-corrected chi connectivity index (χ3v) is 3.16. The van der Waals surface area contributed by atoms with Gasteiger partial charge in [0.25, 0.3) is 0 Å². The van der Waals surface area contributed by atoms with Crippen LogP contribution in [0.2, 0.25) is 0 Å². The molecule has 0 aliphatic carbocycles. The minimum absolute atomic E-state index is 0.0460. The second-order valence-electron chi connectivity index (χ2n) is 4.03. The molecular formula is C9H17NO. The second-order valence-corrected chi connectivity index (χ2v) is 4.03. The summed E-state index contributed by atoms with van der Waals surface area (Å²) in [6.07, 6.45) is 3.81. The normalized spacial score (nSPS) is 45.8. The molecule has 2 rings (SSSR count). The van der Waals surface area contributed by atoms with Gasteiger partial charge in [0.2, 0.25) is 0 Å². The summed E-state index contributed by atoms with van der Waals surface area (Å²) in [7, 11) is 0. The topological polar surface area (TPSA) is 23.5 Å². The lowest BCUT2D eigenvalue weighted by molar-refractivity contribution is 0.0791. The zero-order valence-electron chi connectivity index (χ0n) is 7.16. The molecule has 2 aliphatic heterocycles. The number of piperidine rings is 1. The summed E-state index contributed by atoms with van der Waals surface area (Å²) in [4.78, 5) is 2.46. The van der Waals surface area contributed by atoms with Crippen molar-refractivity contribution in [2.75, 3.05) is 13.1 Å². The maximum absolute atomic E-state index is 9.75. The van der Waals surface area contributed by atoms with Crippen molar-refractivity contribution in [2.24, 2.45) is 5.92 Å². The summed E-state index contributed by atoms with van der Waals surface area (Å²) in [5, 5.41) is 9.75. The summed E-state index contributed by atoms with van der Waals surface area (Å²) < 4.78 is 0. The molecule has 0 aromatic rings. The molecule has 2 nitrogen and oxygen atoms in total. The molecule has 2 heterocycles. The smallest absolute Gasteiger partial charge is 0.0733 e. The van der Waals surface area contributed by atoms with Crippen LogP contribution in [0.4, 0.5) is 0 Å². The number of hydrogen-bond acceptors (Lipinski definition) is 2. The average molecular weight is 155 g/mol. The van der Waals surface area contributed by atoms with E-state index < -0.39 is 0 Å². The van der Waals surface area contributed by atoms with Crippen molar-refractivity contribution >= 4 is 0 Å². The predicted octanol–water partition coefficient (Wildman–Crippen LogP) is 0.851. The number of nitrogens with zero attached hydrogens (tertiary/aromatic N) is 1. The summed E-state index contributed by atoms with van der Waals surface area (Å²) in [5.41, 5.74) is 0. The van der Waals surface area contributed by atoms with Gasteiger partial charge in [0.15, 0.2) is 0 Å². The van der Waals surface area contributed by atoms with Crippen molar-refractivity contribution in [3.8, 4) is 0 Å². The van der Waals surface area contributed by atoms with E-state index >= 15 is 0 Å². The zero-order chi connectivity index (χ0) is 7.84. The Labute approximate surface area is 68.2 Å². The zero-order valence-corrected chi connectivity index (χ0v) is 7.16. The Bertz CT molecular complexity index is 148. The first-order valence-corrected chi connectivity index (χ1v) is 4.71. The number of aliphatic hydroxyl groups is 1. The van der Waals surface area contributed by atoms with Gasteiger partial charge in [-0.05, 0) is 25.3 Å². The molecule has 2 heteroatoms. The SMILES string of the molecule is C[C@@H]1CN2CCCCC2[C@@H]1O. The fourth-order valence-corrected chi connectivity index (χ4v) is 2.49. The number of rotatable bonds is 0. The number of hydrogen-bond donors (Lipinski definition) is 1. The van der Waals surface area contributed by atoms with Gasteiger partial charge >= 0.3 is 0 Å². The van der Waals surface area contributed by atoms with Gasteiger partial charge in [0.05, 0.1) is 6.10 Å². The summed E-state index contributed by atoms with van der Waals surface area (Å²) in [6.45, 7) is 4.49. The molecule has 0 radical (unpaired) electrons. The average Bonchev–Trinajstić information content (AvgIpc) is 2.30. The largest absolute Gasteiger partial charge is 0.391 e. The van der Waals surface area contributed by atoms with Gasteiger partial charge in [-0.1, -0.05) is 13.3 Å². The summed E-state index contributed by atoms with van der Waals surface area (Å²) >= 11 is 0. The van der Waals surface area contributed by atoms with Gasteiger partial charge in [0.1, 0.15) is 0 Å². The Balaban J connectivity index is 2.05. The van der Waals surface area contributed by atoms with E-state index in [1.165, 1.54) is 25.8 Å². The van der Waals surface area contributed by atoms with E-state index in [2.05, 4.69) is 11.8 Å². The third kappa shape index (κ3) is 1.18. The van der Waals surface area contributed by atoms with E-state index in [4.69, 9.17) is 0 Å². The van der Waals surface area contributed by atoms with E-state index in [0.717, 1.165) is 6.54 Å². The van der Waals surface area contributed by atoms with Crippen LogP contribution >= 0.6 is 0 Å². The van der Waals surface area contributed by atoms with E-state index in [0.29, 0.717) is 12.0 Å². The molecule has 1 N–H and O–H groups in total. The molecule has 11 heavy (non-hydrogen) atoms. The van der Waals surface area contributed by atoms with Crippen molar-refractivity contribution in [1.29, 1.82) is 0 Å². The minimum Gasteiger partial charge on any atom is -0.391 e.